The van der Waals surface area contributed by atoms with Crippen LogP contribution in [0.25, 0.3) is 11.3 Å². The van der Waals surface area contributed by atoms with Crippen molar-refractivity contribution < 1.29 is 0 Å². The van der Waals surface area contributed by atoms with Crippen LogP contribution >= 0.6 is 0 Å². The maximum absolute atomic E-state index is 4.24. The van der Waals surface area contributed by atoms with Crippen molar-refractivity contribution in [2.45, 2.75) is 19.9 Å². The molecule has 0 aliphatic heterocycles. The van der Waals surface area contributed by atoms with Gasteiger partial charge >= 0.3 is 0 Å². The lowest BCUT2D eigenvalue weighted by atomic mass is 10.3. The molecule has 0 saturated heterocycles. The van der Waals surface area contributed by atoms with E-state index in [4.69, 9.17) is 0 Å². The molecule has 0 aromatic carbocycles. The largest absolute Gasteiger partial charge is 0.278 e. The molecule has 0 radical (unpaired) electrons. The number of aromatic amines is 1. The van der Waals surface area contributed by atoms with Crippen molar-refractivity contribution in [1.29, 1.82) is 0 Å². The van der Waals surface area contributed by atoms with E-state index in [1.807, 2.05) is 23.1 Å². The maximum atomic E-state index is 4.24. The van der Waals surface area contributed by atoms with Crippen LogP contribution in [0.5, 0.6) is 0 Å². The van der Waals surface area contributed by atoms with E-state index in [2.05, 4.69) is 29.1 Å². The predicted molar refractivity (Wildman–Crippen MR) is 50.2 cm³/mol. The molecule has 0 spiro atoms. The highest BCUT2D eigenvalue weighted by molar-refractivity contribution is 5.55. The molecule has 0 aliphatic rings. The van der Waals surface area contributed by atoms with Gasteiger partial charge in [0.2, 0.25) is 0 Å². The second-order valence-corrected chi connectivity index (χ2v) is 3.27. The molecule has 0 fully saturated rings. The highest BCUT2D eigenvalue weighted by atomic mass is 15.3. The molecule has 0 atom stereocenters. The van der Waals surface area contributed by atoms with Crippen LogP contribution in [-0.2, 0) is 0 Å². The molecule has 0 unspecified atom stereocenters. The van der Waals surface area contributed by atoms with Gasteiger partial charge in [-0.05, 0) is 19.9 Å². The van der Waals surface area contributed by atoms with Crippen LogP contribution in [-0.4, -0.2) is 20.0 Å². The standard InChI is InChI=1S/C9H12N4/c1-7(2)13-6-8(5-11-13)9-3-4-10-12-9/h3-7H,1-2H3,(H,10,12). The molecule has 4 heteroatoms. The van der Waals surface area contributed by atoms with Crippen molar-refractivity contribution in [1.82, 2.24) is 20.0 Å². The second-order valence-electron chi connectivity index (χ2n) is 3.27. The zero-order valence-electron chi connectivity index (χ0n) is 7.73. The third kappa shape index (κ3) is 1.47. The highest BCUT2D eigenvalue weighted by Crippen LogP contribution is 2.16. The second kappa shape index (κ2) is 3.05. The van der Waals surface area contributed by atoms with Gasteiger partial charge in [0, 0.05) is 24.0 Å². The van der Waals surface area contributed by atoms with Crippen molar-refractivity contribution in [2.24, 2.45) is 0 Å². The molecule has 0 bridgehead atoms. The SMILES string of the molecule is CC(C)n1cc(-c2ccn[nH]2)cn1. The van der Waals surface area contributed by atoms with Gasteiger partial charge < -0.3 is 0 Å². The Morgan fingerprint density at radius 1 is 1.46 bits per heavy atom. The monoisotopic (exact) mass is 176 g/mol. The van der Waals surface area contributed by atoms with Crippen molar-refractivity contribution in [2.75, 3.05) is 0 Å². The Hall–Kier alpha value is -1.58. The Balaban J connectivity index is 2.33. The van der Waals surface area contributed by atoms with Gasteiger partial charge in [0.05, 0.1) is 11.9 Å². The molecule has 0 amide bonds. The van der Waals surface area contributed by atoms with Crippen LogP contribution in [0.4, 0.5) is 0 Å². The van der Waals surface area contributed by atoms with Gasteiger partial charge in [0.25, 0.3) is 0 Å². The van der Waals surface area contributed by atoms with E-state index in [0.29, 0.717) is 6.04 Å². The van der Waals surface area contributed by atoms with Crippen LogP contribution in [0.1, 0.15) is 19.9 Å². The summed E-state index contributed by atoms with van der Waals surface area (Å²) in [5.74, 6) is 0. The molecule has 1 N–H and O–H groups in total. The van der Waals surface area contributed by atoms with E-state index < -0.39 is 0 Å². The molecule has 0 aliphatic carbocycles. The smallest absolute Gasteiger partial charge is 0.0681 e. The van der Waals surface area contributed by atoms with Crippen molar-refractivity contribution in [3.8, 4) is 11.3 Å². The Morgan fingerprint density at radius 3 is 2.85 bits per heavy atom. The normalized spacial score (nSPS) is 11.0. The minimum atomic E-state index is 0.400. The fraction of sp³-hybridized carbons (Fsp3) is 0.333. The molecule has 2 rings (SSSR count). The number of hydrogen-bond acceptors (Lipinski definition) is 2. The third-order valence-electron chi connectivity index (χ3n) is 1.94. The van der Waals surface area contributed by atoms with E-state index in [-0.39, 0.29) is 0 Å². The molecule has 13 heavy (non-hydrogen) atoms. The average molecular weight is 176 g/mol. The zero-order chi connectivity index (χ0) is 9.26. The van der Waals surface area contributed by atoms with Crippen LogP contribution < -0.4 is 0 Å². The number of nitrogens with one attached hydrogen (secondary N) is 1. The first-order valence-corrected chi connectivity index (χ1v) is 4.31. The predicted octanol–water partition coefficient (Wildman–Crippen LogP) is 1.85. The fourth-order valence-corrected chi connectivity index (χ4v) is 1.18. The summed E-state index contributed by atoms with van der Waals surface area (Å²) in [4.78, 5) is 0. The van der Waals surface area contributed by atoms with Crippen molar-refractivity contribution in [3.63, 3.8) is 0 Å². The van der Waals surface area contributed by atoms with Crippen LogP contribution in [0, 0.1) is 0 Å². The van der Waals surface area contributed by atoms with Crippen LogP contribution in [0.2, 0.25) is 0 Å². The van der Waals surface area contributed by atoms with Gasteiger partial charge in [-0.3, -0.25) is 9.78 Å². The molecule has 2 heterocycles. The first-order valence-electron chi connectivity index (χ1n) is 4.31. The van der Waals surface area contributed by atoms with Crippen LogP contribution in [0.15, 0.2) is 24.7 Å². The van der Waals surface area contributed by atoms with Crippen LogP contribution in [0.3, 0.4) is 0 Å². The summed E-state index contributed by atoms with van der Waals surface area (Å²) >= 11 is 0. The lowest BCUT2D eigenvalue weighted by Gasteiger charge is -2.02. The summed E-state index contributed by atoms with van der Waals surface area (Å²) in [6, 6.07) is 2.33. The lowest BCUT2D eigenvalue weighted by molar-refractivity contribution is 0.532. The topological polar surface area (TPSA) is 46.5 Å². The molecular weight excluding hydrogens is 164 g/mol. The number of rotatable bonds is 2. The zero-order valence-corrected chi connectivity index (χ0v) is 7.73. The minimum Gasteiger partial charge on any atom is -0.278 e. The Labute approximate surface area is 76.6 Å². The van der Waals surface area contributed by atoms with Gasteiger partial charge in [0.1, 0.15) is 0 Å². The number of H-pyrrole nitrogens is 1. The third-order valence-corrected chi connectivity index (χ3v) is 1.94. The summed E-state index contributed by atoms with van der Waals surface area (Å²) in [6.07, 6.45) is 5.59. The summed E-state index contributed by atoms with van der Waals surface area (Å²) in [7, 11) is 0. The van der Waals surface area contributed by atoms with Gasteiger partial charge in [-0.15, -0.1) is 0 Å². The summed E-state index contributed by atoms with van der Waals surface area (Å²) in [6.45, 7) is 4.20. The summed E-state index contributed by atoms with van der Waals surface area (Å²) < 4.78 is 1.93. The number of aromatic nitrogens is 4. The van der Waals surface area contributed by atoms with Gasteiger partial charge in [0.15, 0.2) is 0 Å². The van der Waals surface area contributed by atoms with E-state index in [0.717, 1.165) is 11.3 Å². The molecule has 68 valence electrons. The van der Waals surface area contributed by atoms with E-state index in [9.17, 15) is 0 Å². The molecular formula is C9H12N4. The fourth-order valence-electron chi connectivity index (χ4n) is 1.18. The van der Waals surface area contributed by atoms with Gasteiger partial charge in [-0.2, -0.15) is 10.2 Å². The minimum absolute atomic E-state index is 0.400. The van der Waals surface area contributed by atoms with E-state index in [1.54, 1.807) is 6.20 Å². The van der Waals surface area contributed by atoms with E-state index >= 15 is 0 Å². The van der Waals surface area contributed by atoms with Crippen molar-refractivity contribution in [3.05, 3.63) is 24.7 Å². The quantitative estimate of drug-likeness (QED) is 0.759. The Bertz CT molecular complexity index is 372. The summed E-state index contributed by atoms with van der Waals surface area (Å²) in [5, 5.41) is 11.0. The molecule has 4 nitrogen and oxygen atoms in total. The molecule has 2 aromatic heterocycles. The lowest BCUT2D eigenvalue weighted by Crippen LogP contribution is -1.99. The first-order chi connectivity index (χ1) is 6.27. The average Bonchev–Trinajstić information content (AvgIpc) is 2.75. The highest BCUT2D eigenvalue weighted by Gasteiger charge is 2.03. The summed E-state index contributed by atoms with van der Waals surface area (Å²) in [5.41, 5.74) is 2.08. The Kier molecular flexibility index (Phi) is 1.88. The number of hydrogen-bond donors (Lipinski definition) is 1. The van der Waals surface area contributed by atoms with E-state index in [1.165, 1.54) is 0 Å². The van der Waals surface area contributed by atoms with Crippen molar-refractivity contribution >= 4 is 0 Å². The maximum Gasteiger partial charge on any atom is 0.0681 e. The molecule has 0 saturated carbocycles. The van der Waals surface area contributed by atoms with Gasteiger partial charge in [-0.25, -0.2) is 0 Å². The van der Waals surface area contributed by atoms with Gasteiger partial charge in [-0.1, -0.05) is 0 Å². The Morgan fingerprint density at radius 2 is 2.31 bits per heavy atom. The molecule has 2 aromatic rings. The first kappa shape index (κ1) is 8.04. The number of nitrogens with zero attached hydrogens (tertiary/aromatic N) is 3.